The first-order valence-electron chi connectivity index (χ1n) is 10.4. The van der Waals surface area contributed by atoms with E-state index in [9.17, 15) is 9.59 Å². The van der Waals surface area contributed by atoms with Crippen LogP contribution in [0.25, 0.3) is 5.69 Å². The minimum atomic E-state index is -0.670. The van der Waals surface area contributed by atoms with Crippen LogP contribution in [0.2, 0.25) is 5.02 Å². The number of fused-ring (bicyclic) bond motifs is 1. The Balaban J connectivity index is 1.26. The van der Waals surface area contributed by atoms with E-state index in [-0.39, 0.29) is 23.1 Å². The minimum absolute atomic E-state index is 0.108. The summed E-state index contributed by atoms with van der Waals surface area (Å²) in [7, 11) is 0. The molecule has 0 N–H and O–H groups in total. The van der Waals surface area contributed by atoms with Gasteiger partial charge in [-0.15, -0.1) is 0 Å². The first-order chi connectivity index (χ1) is 15.6. The molecule has 2 aliphatic heterocycles. The Hall–Kier alpha value is -3.52. The molecule has 9 heteroatoms. The predicted octanol–water partition coefficient (Wildman–Crippen LogP) is 2.37. The van der Waals surface area contributed by atoms with Crippen molar-refractivity contribution >= 4 is 23.2 Å². The number of para-hydroxylation sites is 3. The lowest BCUT2D eigenvalue weighted by Gasteiger charge is -2.38. The average Bonchev–Trinajstić information content (AvgIpc) is 2.85. The van der Waals surface area contributed by atoms with Gasteiger partial charge >= 0.3 is 0 Å². The number of hydrogen-bond donors (Lipinski definition) is 0. The van der Waals surface area contributed by atoms with Crippen molar-refractivity contribution in [2.45, 2.75) is 6.10 Å². The molecular formula is C23H21ClN4O4. The SMILES string of the molecule is O=C(C1COc2ccccc2O1)N1CCN(c2cnn(-c3ccccc3)c(=O)c2Cl)CC1. The molecule has 1 amide bonds. The van der Waals surface area contributed by atoms with Gasteiger partial charge in [-0.25, -0.2) is 0 Å². The van der Waals surface area contributed by atoms with Crippen LogP contribution in [0.1, 0.15) is 0 Å². The molecule has 0 radical (unpaired) electrons. The van der Waals surface area contributed by atoms with Crippen molar-refractivity contribution in [3.63, 3.8) is 0 Å². The first-order valence-corrected chi connectivity index (χ1v) is 10.7. The molecule has 0 spiro atoms. The van der Waals surface area contributed by atoms with Gasteiger partial charge in [-0.2, -0.15) is 9.78 Å². The van der Waals surface area contributed by atoms with E-state index in [0.29, 0.717) is 49.1 Å². The maximum atomic E-state index is 12.9. The molecule has 2 aromatic carbocycles. The Kier molecular flexibility index (Phi) is 5.45. The number of benzene rings is 2. The van der Waals surface area contributed by atoms with Crippen molar-refractivity contribution in [3.05, 3.63) is 76.2 Å². The quantitative estimate of drug-likeness (QED) is 0.607. The summed E-state index contributed by atoms with van der Waals surface area (Å²) >= 11 is 6.42. The molecule has 164 valence electrons. The van der Waals surface area contributed by atoms with Gasteiger partial charge in [-0.1, -0.05) is 41.9 Å². The molecule has 3 heterocycles. The number of carbonyl (C=O) groups excluding carboxylic acids is 1. The first kappa shape index (κ1) is 20.4. The number of aromatic nitrogens is 2. The van der Waals surface area contributed by atoms with E-state index in [1.54, 1.807) is 29.3 Å². The summed E-state index contributed by atoms with van der Waals surface area (Å²) in [6.45, 7) is 2.22. The smallest absolute Gasteiger partial charge is 0.292 e. The Morgan fingerprint density at radius 3 is 2.41 bits per heavy atom. The third kappa shape index (κ3) is 3.78. The molecule has 2 aliphatic rings. The van der Waals surface area contributed by atoms with Crippen molar-refractivity contribution < 1.29 is 14.3 Å². The molecule has 8 nitrogen and oxygen atoms in total. The Morgan fingerprint density at radius 1 is 0.969 bits per heavy atom. The van der Waals surface area contributed by atoms with Gasteiger partial charge in [0.1, 0.15) is 11.6 Å². The summed E-state index contributed by atoms with van der Waals surface area (Å²) in [5, 5.41) is 4.41. The van der Waals surface area contributed by atoms with Crippen molar-refractivity contribution in [3.8, 4) is 17.2 Å². The highest BCUT2D eigenvalue weighted by Gasteiger charge is 2.33. The van der Waals surface area contributed by atoms with Crippen LogP contribution in [0, 0.1) is 0 Å². The van der Waals surface area contributed by atoms with Crippen molar-refractivity contribution in [1.82, 2.24) is 14.7 Å². The second-order valence-corrected chi connectivity index (χ2v) is 7.95. The number of anilines is 1. The highest BCUT2D eigenvalue weighted by Crippen LogP contribution is 2.31. The molecule has 1 fully saturated rings. The fourth-order valence-corrected chi connectivity index (χ4v) is 4.16. The lowest BCUT2D eigenvalue weighted by molar-refractivity contribution is -0.141. The van der Waals surface area contributed by atoms with Gasteiger partial charge in [0.2, 0.25) is 6.10 Å². The lowest BCUT2D eigenvalue weighted by Crippen LogP contribution is -2.54. The predicted molar refractivity (Wildman–Crippen MR) is 120 cm³/mol. The van der Waals surface area contributed by atoms with Gasteiger partial charge in [-0.3, -0.25) is 9.59 Å². The summed E-state index contributed by atoms with van der Waals surface area (Å²) in [6, 6.07) is 16.4. The fourth-order valence-electron chi connectivity index (χ4n) is 3.91. The van der Waals surface area contributed by atoms with Crippen LogP contribution >= 0.6 is 11.6 Å². The van der Waals surface area contributed by atoms with E-state index >= 15 is 0 Å². The van der Waals surface area contributed by atoms with Crippen LogP contribution in [0.5, 0.6) is 11.5 Å². The topological polar surface area (TPSA) is 76.9 Å². The van der Waals surface area contributed by atoms with Crippen LogP contribution in [0.3, 0.4) is 0 Å². The maximum absolute atomic E-state index is 12.9. The zero-order valence-corrected chi connectivity index (χ0v) is 17.9. The monoisotopic (exact) mass is 452 g/mol. The summed E-state index contributed by atoms with van der Waals surface area (Å²) in [4.78, 5) is 29.4. The van der Waals surface area contributed by atoms with E-state index in [4.69, 9.17) is 21.1 Å². The molecule has 1 atom stereocenters. The van der Waals surface area contributed by atoms with Gasteiger partial charge in [0.25, 0.3) is 11.5 Å². The number of ether oxygens (including phenoxy) is 2. The maximum Gasteiger partial charge on any atom is 0.292 e. The molecule has 1 unspecified atom stereocenters. The van der Waals surface area contributed by atoms with Gasteiger partial charge in [0, 0.05) is 26.2 Å². The van der Waals surface area contributed by atoms with E-state index in [1.165, 1.54) is 4.68 Å². The van der Waals surface area contributed by atoms with E-state index in [2.05, 4.69) is 5.10 Å². The summed E-state index contributed by atoms with van der Waals surface area (Å²) in [5.41, 5.74) is 0.847. The Labute approximate surface area is 189 Å². The van der Waals surface area contributed by atoms with Gasteiger partial charge in [0.15, 0.2) is 11.5 Å². The number of halogens is 1. The molecule has 32 heavy (non-hydrogen) atoms. The van der Waals surface area contributed by atoms with E-state index in [1.807, 2.05) is 41.3 Å². The number of rotatable bonds is 3. The number of hydrogen-bond acceptors (Lipinski definition) is 6. The molecule has 3 aromatic rings. The Bertz CT molecular complexity index is 1190. The number of nitrogens with zero attached hydrogens (tertiary/aromatic N) is 4. The van der Waals surface area contributed by atoms with E-state index < -0.39 is 6.10 Å². The van der Waals surface area contributed by atoms with Gasteiger partial charge in [0.05, 0.1) is 17.6 Å². The van der Waals surface area contributed by atoms with Crippen LogP contribution in [0.4, 0.5) is 5.69 Å². The second kappa shape index (κ2) is 8.55. The highest BCUT2D eigenvalue weighted by molar-refractivity contribution is 6.33. The van der Waals surface area contributed by atoms with Crippen LogP contribution in [0.15, 0.2) is 65.6 Å². The third-order valence-corrected chi connectivity index (χ3v) is 5.97. The average molecular weight is 453 g/mol. The molecule has 0 saturated carbocycles. The lowest BCUT2D eigenvalue weighted by atomic mass is 10.2. The number of carbonyl (C=O) groups is 1. The van der Waals surface area contributed by atoms with E-state index in [0.717, 1.165) is 0 Å². The van der Waals surface area contributed by atoms with Crippen molar-refractivity contribution in [1.29, 1.82) is 0 Å². The summed E-state index contributed by atoms with van der Waals surface area (Å²) in [5.74, 6) is 1.11. The van der Waals surface area contributed by atoms with Crippen molar-refractivity contribution in [2.75, 3.05) is 37.7 Å². The zero-order chi connectivity index (χ0) is 22.1. The second-order valence-electron chi connectivity index (χ2n) is 7.57. The summed E-state index contributed by atoms with van der Waals surface area (Å²) in [6.07, 6.45) is 0.931. The standard InChI is InChI=1S/C23H21ClN4O4/c24-21-17(14-25-28(23(21)30)16-6-2-1-3-7-16)26-10-12-27(13-11-26)22(29)20-15-31-18-8-4-5-9-19(18)32-20/h1-9,14,20H,10-13,15H2. The zero-order valence-electron chi connectivity index (χ0n) is 17.2. The van der Waals surface area contributed by atoms with Crippen LogP contribution in [-0.4, -0.2) is 59.5 Å². The molecule has 0 bridgehead atoms. The third-order valence-electron chi connectivity index (χ3n) is 5.62. The highest BCUT2D eigenvalue weighted by atomic mass is 35.5. The molecule has 0 aliphatic carbocycles. The molecular weight excluding hydrogens is 432 g/mol. The minimum Gasteiger partial charge on any atom is -0.485 e. The van der Waals surface area contributed by atoms with Crippen LogP contribution < -0.4 is 19.9 Å². The fraction of sp³-hybridized carbons (Fsp3) is 0.261. The molecule has 1 aromatic heterocycles. The number of amides is 1. The summed E-state index contributed by atoms with van der Waals surface area (Å²) < 4.78 is 12.8. The number of piperazine rings is 1. The Morgan fingerprint density at radius 2 is 1.66 bits per heavy atom. The van der Waals surface area contributed by atoms with Gasteiger partial charge in [-0.05, 0) is 24.3 Å². The van der Waals surface area contributed by atoms with Crippen molar-refractivity contribution in [2.24, 2.45) is 0 Å². The molecule has 5 rings (SSSR count). The normalized spacial score (nSPS) is 17.8. The largest absolute Gasteiger partial charge is 0.485 e. The molecule has 1 saturated heterocycles. The van der Waals surface area contributed by atoms with Crippen LogP contribution in [-0.2, 0) is 4.79 Å². The van der Waals surface area contributed by atoms with Gasteiger partial charge < -0.3 is 19.3 Å².